The molecule has 25 heavy (non-hydrogen) atoms. The number of pyridine rings is 1. The van der Waals surface area contributed by atoms with E-state index in [-0.39, 0.29) is 5.69 Å². The van der Waals surface area contributed by atoms with Crippen LogP contribution in [-0.2, 0) is 6.42 Å². The van der Waals surface area contributed by atoms with Crippen molar-refractivity contribution in [2.75, 3.05) is 0 Å². The van der Waals surface area contributed by atoms with Gasteiger partial charge in [0.15, 0.2) is 5.65 Å². The molecule has 9 heteroatoms. The Bertz CT molecular complexity index is 976. The van der Waals surface area contributed by atoms with Crippen LogP contribution in [0.25, 0.3) is 22.8 Å². The Kier molecular flexibility index (Phi) is 3.35. The lowest BCUT2D eigenvalue weighted by molar-refractivity contribution is 0.364. The first kappa shape index (κ1) is 17.4. The molecule has 0 aliphatic rings. The van der Waals surface area contributed by atoms with E-state index in [1.54, 1.807) is 12.1 Å². The number of nitrogens with zero attached hydrogens (tertiary/aromatic N) is 3. The van der Waals surface area contributed by atoms with Gasteiger partial charge in [-0.25, -0.2) is 9.67 Å². The van der Waals surface area contributed by atoms with Gasteiger partial charge in [-0.05, 0) is 42.3 Å². The van der Waals surface area contributed by atoms with Gasteiger partial charge in [-0.3, -0.25) is 0 Å². The summed E-state index contributed by atoms with van der Waals surface area (Å²) in [6.45, 7) is 5.60. The van der Waals surface area contributed by atoms with Gasteiger partial charge in [0, 0.05) is 11.6 Å². The van der Waals surface area contributed by atoms with Crippen LogP contribution in [0.2, 0.25) is 0 Å². The van der Waals surface area contributed by atoms with E-state index in [4.69, 9.17) is 0 Å². The van der Waals surface area contributed by atoms with Crippen LogP contribution in [-0.4, -0.2) is 14.8 Å². The van der Waals surface area contributed by atoms with Crippen LogP contribution in [0.3, 0.4) is 0 Å². The molecule has 0 unspecified atom stereocenters. The standard InChI is InChI=1S/C16H14F5N3S/c1-3-11-9-10-22-16-15(11)14(4-2)23-24(16)12-5-7-13(8-6-12)25(17,18,19,20)21/h3,5-10H,1,4H2,2H3. The fourth-order valence-corrected chi connectivity index (χ4v) is 3.23. The zero-order valence-corrected chi connectivity index (χ0v) is 13.9. The molecule has 2 aromatic heterocycles. The Morgan fingerprint density at radius 3 is 2.24 bits per heavy atom. The molecular weight excluding hydrogens is 361 g/mol. The van der Waals surface area contributed by atoms with Crippen molar-refractivity contribution in [2.45, 2.75) is 18.2 Å². The second-order valence-corrected chi connectivity index (χ2v) is 7.89. The maximum absolute atomic E-state index is 12.8. The molecule has 3 aromatic rings. The molecule has 0 saturated carbocycles. The molecule has 3 rings (SSSR count). The highest BCUT2D eigenvalue weighted by molar-refractivity contribution is 8.45. The molecule has 0 saturated heterocycles. The topological polar surface area (TPSA) is 30.7 Å². The Balaban J connectivity index is 2.20. The van der Waals surface area contributed by atoms with Gasteiger partial charge in [0.25, 0.3) is 0 Å². The highest BCUT2D eigenvalue weighted by Gasteiger charge is 2.65. The van der Waals surface area contributed by atoms with Crippen molar-refractivity contribution in [2.24, 2.45) is 0 Å². The molecule has 0 N–H and O–H groups in total. The summed E-state index contributed by atoms with van der Waals surface area (Å²) in [7, 11) is -9.70. The number of hydrogen-bond acceptors (Lipinski definition) is 2. The summed E-state index contributed by atoms with van der Waals surface area (Å²) < 4.78 is 65.6. The quantitative estimate of drug-likeness (QED) is 0.502. The molecule has 0 aliphatic heterocycles. The van der Waals surface area contributed by atoms with E-state index in [0.29, 0.717) is 29.9 Å². The van der Waals surface area contributed by atoms with E-state index in [0.717, 1.165) is 23.1 Å². The fourth-order valence-electron chi connectivity index (χ4n) is 2.58. The van der Waals surface area contributed by atoms with Gasteiger partial charge in [0.05, 0.1) is 11.4 Å². The molecule has 0 radical (unpaired) electrons. The monoisotopic (exact) mass is 375 g/mol. The lowest BCUT2D eigenvalue weighted by atomic mass is 10.1. The largest absolute Gasteiger partial charge is 0.310 e. The van der Waals surface area contributed by atoms with Crippen LogP contribution in [0.5, 0.6) is 0 Å². The molecule has 0 bridgehead atoms. The first-order valence-electron chi connectivity index (χ1n) is 7.28. The van der Waals surface area contributed by atoms with Gasteiger partial charge in [0.1, 0.15) is 4.90 Å². The minimum atomic E-state index is -9.70. The highest BCUT2D eigenvalue weighted by atomic mass is 32.5. The third-order valence-electron chi connectivity index (χ3n) is 3.75. The number of fused-ring (bicyclic) bond motifs is 1. The molecule has 0 atom stereocenters. The van der Waals surface area contributed by atoms with Crippen LogP contribution < -0.4 is 0 Å². The van der Waals surface area contributed by atoms with Crippen LogP contribution in [0.4, 0.5) is 19.4 Å². The molecule has 2 heterocycles. The normalized spacial score (nSPS) is 15.0. The second-order valence-electron chi connectivity index (χ2n) is 5.48. The summed E-state index contributed by atoms with van der Waals surface area (Å²) >= 11 is 0. The maximum atomic E-state index is 12.8. The summed E-state index contributed by atoms with van der Waals surface area (Å²) in [6.07, 6.45) is 3.73. The number of rotatable bonds is 4. The molecule has 134 valence electrons. The molecule has 3 nitrogen and oxygen atoms in total. The van der Waals surface area contributed by atoms with E-state index < -0.39 is 15.1 Å². The van der Waals surface area contributed by atoms with Gasteiger partial charge in [-0.2, -0.15) is 5.10 Å². The summed E-state index contributed by atoms with van der Waals surface area (Å²) in [5.41, 5.74) is 2.12. The van der Waals surface area contributed by atoms with Gasteiger partial charge < -0.3 is 0 Å². The Labute approximate surface area is 140 Å². The zero-order chi connectivity index (χ0) is 18.5. The molecule has 0 aliphatic carbocycles. The summed E-state index contributed by atoms with van der Waals surface area (Å²) in [5.74, 6) is 0. The lowest BCUT2D eigenvalue weighted by Crippen LogP contribution is -2.06. The smallest absolute Gasteiger partial charge is 0.236 e. The number of aryl methyl sites for hydroxylation is 1. The molecule has 0 fully saturated rings. The Hall–Kier alpha value is -2.42. The van der Waals surface area contributed by atoms with Crippen molar-refractivity contribution in [1.82, 2.24) is 14.8 Å². The van der Waals surface area contributed by atoms with Gasteiger partial charge in [0.2, 0.25) is 0 Å². The Morgan fingerprint density at radius 2 is 1.72 bits per heavy atom. The van der Waals surface area contributed by atoms with E-state index in [1.807, 2.05) is 6.92 Å². The zero-order valence-electron chi connectivity index (χ0n) is 13.1. The average Bonchev–Trinajstić information content (AvgIpc) is 2.91. The van der Waals surface area contributed by atoms with Gasteiger partial charge >= 0.3 is 10.2 Å². The fraction of sp³-hybridized carbons (Fsp3) is 0.125. The van der Waals surface area contributed by atoms with Crippen LogP contribution in [0.15, 0.2) is 48.0 Å². The third-order valence-corrected chi connectivity index (χ3v) is 4.92. The number of benzene rings is 1. The lowest BCUT2D eigenvalue weighted by Gasteiger charge is -2.40. The van der Waals surface area contributed by atoms with E-state index in [2.05, 4.69) is 16.7 Å². The van der Waals surface area contributed by atoms with Crippen LogP contribution in [0.1, 0.15) is 18.2 Å². The minimum absolute atomic E-state index is 0.212. The van der Waals surface area contributed by atoms with Crippen molar-refractivity contribution in [3.8, 4) is 5.69 Å². The summed E-state index contributed by atoms with van der Waals surface area (Å²) in [4.78, 5) is 2.29. The highest BCUT2D eigenvalue weighted by Crippen LogP contribution is 3.02. The van der Waals surface area contributed by atoms with Crippen molar-refractivity contribution < 1.29 is 19.4 Å². The van der Waals surface area contributed by atoms with E-state index in [9.17, 15) is 19.4 Å². The average molecular weight is 375 g/mol. The summed E-state index contributed by atoms with van der Waals surface area (Å²) in [5, 5.41) is 5.09. The number of halogens is 5. The van der Waals surface area contributed by atoms with E-state index in [1.165, 1.54) is 10.9 Å². The SMILES string of the molecule is C=Cc1ccnc2c1c(CC)nn2-c1ccc(S(F)(F)(F)(F)F)cc1. The first-order valence-corrected chi connectivity index (χ1v) is 9.23. The predicted octanol–water partition coefficient (Wildman–Crippen LogP) is 6.28. The van der Waals surface area contributed by atoms with E-state index >= 15 is 0 Å². The van der Waals surface area contributed by atoms with Crippen molar-refractivity contribution >= 4 is 27.3 Å². The minimum Gasteiger partial charge on any atom is -0.236 e. The molecule has 0 spiro atoms. The second kappa shape index (κ2) is 4.81. The van der Waals surface area contributed by atoms with Crippen LogP contribution in [0, 0.1) is 0 Å². The van der Waals surface area contributed by atoms with Crippen LogP contribution >= 0.6 is 10.2 Å². The maximum Gasteiger partial charge on any atom is 0.310 e. The Morgan fingerprint density at radius 1 is 1.08 bits per heavy atom. The molecule has 1 aromatic carbocycles. The molecular formula is C16H14F5N3S. The third kappa shape index (κ3) is 3.11. The van der Waals surface area contributed by atoms with Crippen molar-refractivity contribution in [1.29, 1.82) is 0 Å². The van der Waals surface area contributed by atoms with Gasteiger partial charge in [-0.1, -0.05) is 39.0 Å². The van der Waals surface area contributed by atoms with Gasteiger partial charge in [-0.15, -0.1) is 0 Å². The summed E-state index contributed by atoms with van der Waals surface area (Å²) in [6, 6.07) is 4.40. The van der Waals surface area contributed by atoms with Crippen molar-refractivity contribution in [3.05, 3.63) is 54.4 Å². The predicted molar refractivity (Wildman–Crippen MR) is 89.7 cm³/mol. The first-order chi connectivity index (χ1) is 11.4. The number of hydrogen-bond donors (Lipinski definition) is 0. The van der Waals surface area contributed by atoms with Crippen molar-refractivity contribution in [3.63, 3.8) is 0 Å². The number of aromatic nitrogens is 3. The molecule has 0 amide bonds.